The molecule has 0 aliphatic carbocycles. The Bertz CT molecular complexity index is 393. The molecule has 0 aromatic heterocycles. The van der Waals surface area contributed by atoms with Crippen LogP contribution in [-0.4, -0.2) is 30.9 Å². The fourth-order valence-electron chi connectivity index (χ4n) is 2.54. The summed E-state index contributed by atoms with van der Waals surface area (Å²) in [6.07, 6.45) is 1.63. The lowest BCUT2D eigenvalue weighted by atomic mass is 9.93. The first-order valence-corrected chi connectivity index (χ1v) is 7.30. The second-order valence-corrected chi connectivity index (χ2v) is 5.59. The molecule has 2 atom stereocenters. The molecule has 0 radical (unpaired) electrons. The van der Waals surface area contributed by atoms with E-state index in [1.165, 1.54) is 0 Å². The van der Waals surface area contributed by atoms with Crippen molar-refractivity contribution >= 4 is 11.6 Å². The van der Waals surface area contributed by atoms with E-state index in [0.717, 1.165) is 31.6 Å². The molecule has 1 saturated heterocycles. The smallest absolute Gasteiger partial charge is 0.0928 e. The van der Waals surface area contributed by atoms with Crippen molar-refractivity contribution in [2.75, 3.05) is 19.8 Å². The average molecular weight is 284 g/mol. The van der Waals surface area contributed by atoms with Gasteiger partial charge in [0.1, 0.15) is 0 Å². The monoisotopic (exact) mass is 283 g/mol. The van der Waals surface area contributed by atoms with Gasteiger partial charge in [-0.25, -0.2) is 0 Å². The highest BCUT2D eigenvalue weighted by molar-refractivity contribution is 6.31. The zero-order valence-electron chi connectivity index (χ0n) is 11.3. The van der Waals surface area contributed by atoms with Crippen molar-refractivity contribution in [3.8, 4) is 0 Å². The number of hydrogen-bond acceptors (Lipinski definition) is 3. The highest BCUT2D eigenvalue weighted by Gasteiger charge is 2.21. The molecule has 1 heterocycles. The topological polar surface area (TPSA) is 41.5 Å². The van der Waals surface area contributed by atoms with Gasteiger partial charge in [-0.2, -0.15) is 0 Å². The van der Waals surface area contributed by atoms with Crippen LogP contribution in [0, 0.1) is 5.92 Å². The van der Waals surface area contributed by atoms with Gasteiger partial charge in [0.15, 0.2) is 0 Å². The van der Waals surface area contributed by atoms with Crippen LogP contribution in [0.1, 0.15) is 31.4 Å². The van der Waals surface area contributed by atoms with Crippen LogP contribution in [0.3, 0.4) is 0 Å². The second-order valence-electron chi connectivity index (χ2n) is 5.18. The van der Waals surface area contributed by atoms with Gasteiger partial charge in [-0.05, 0) is 31.7 Å². The van der Waals surface area contributed by atoms with Crippen LogP contribution in [0.25, 0.3) is 0 Å². The van der Waals surface area contributed by atoms with Gasteiger partial charge >= 0.3 is 0 Å². The number of ether oxygens (including phenoxy) is 1. The Hall–Kier alpha value is -0.610. The van der Waals surface area contributed by atoms with Crippen LogP contribution < -0.4 is 5.32 Å². The van der Waals surface area contributed by atoms with Gasteiger partial charge in [0.05, 0.1) is 6.10 Å². The first-order valence-electron chi connectivity index (χ1n) is 6.92. The molecule has 0 spiro atoms. The molecule has 2 unspecified atom stereocenters. The predicted octanol–water partition coefficient (Wildman–Crippen LogP) is 2.78. The quantitative estimate of drug-likeness (QED) is 0.873. The van der Waals surface area contributed by atoms with E-state index < -0.39 is 6.10 Å². The predicted molar refractivity (Wildman–Crippen MR) is 77.4 cm³/mol. The van der Waals surface area contributed by atoms with E-state index in [4.69, 9.17) is 16.3 Å². The first kappa shape index (κ1) is 14.8. The van der Waals surface area contributed by atoms with E-state index in [9.17, 15) is 5.11 Å². The van der Waals surface area contributed by atoms with Gasteiger partial charge in [0.2, 0.25) is 0 Å². The summed E-state index contributed by atoms with van der Waals surface area (Å²) in [6, 6.07) is 7.83. The summed E-state index contributed by atoms with van der Waals surface area (Å²) in [5, 5.41) is 14.2. The summed E-state index contributed by atoms with van der Waals surface area (Å²) in [7, 11) is 0. The van der Waals surface area contributed by atoms with Crippen molar-refractivity contribution in [2.45, 2.75) is 31.9 Å². The third-order valence-electron chi connectivity index (χ3n) is 3.87. The van der Waals surface area contributed by atoms with Crippen molar-refractivity contribution < 1.29 is 9.84 Å². The van der Waals surface area contributed by atoms with Gasteiger partial charge in [-0.3, -0.25) is 0 Å². The number of benzene rings is 1. The number of nitrogens with one attached hydrogen (secondary N) is 1. The van der Waals surface area contributed by atoms with Crippen molar-refractivity contribution in [2.24, 2.45) is 5.92 Å². The maximum Gasteiger partial charge on any atom is 0.0928 e. The highest BCUT2D eigenvalue weighted by Crippen LogP contribution is 2.23. The summed E-state index contributed by atoms with van der Waals surface area (Å²) in [5.41, 5.74) is 0.788. The Morgan fingerprint density at radius 3 is 2.74 bits per heavy atom. The summed E-state index contributed by atoms with van der Waals surface area (Å²) in [5.74, 6) is 0.632. The van der Waals surface area contributed by atoms with Crippen LogP contribution in [0.4, 0.5) is 0 Å². The largest absolute Gasteiger partial charge is 0.387 e. The van der Waals surface area contributed by atoms with Crippen LogP contribution in [0.2, 0.25) is 5.02 Å². The summed E-state index contributed by atoms with van der Waals surface area (Å²) < 4.78 is 5.37. The maximum absolute atomic E-state index is 10.2. The normalized spacial score (nSPS) is 20.2. The number of halogens is 1. The molecule has 3 nitrogen and oxygen atoms in total. The second kappa shape index (κ2) is 7.25. The molecule has 19 heavy (non-hydrogen) atoms. The fourth-order valence-corrected chi connectivity index (χ4v) is 2.80. The zero-order chi connectivity index (χ0) is 13.7. The first-order chi connectivity index (χ1) is 9.18. The number of aliphatic hydroxyl groups is 1. The summed E-state index contributed by atoms with van der Waals surface area (Å²) in [4.78, 5) is 0. The number of hydrogen-bond donors (Lipinski definition) is 2. The molecule has 4 heteroatoms. The van der Waals surface area contributed by atoms with E-state index in [-0.39, 0.29) is 0 Å². The van der Waals surface area contributed by atoms with E-state index in [2.05, 4.69) is 12.2 Å². The van der Waals surface area contributed by atoms with E-state index >= 15 is 0 Å². The van der Waals surface area contributed by atoms with Crippen molar-refractivity contribution in [1.82, 2.24) is 5.32 Å². The minimum atomic E-state index is -0.559. The zero-order valence-corrected chi connectivity index (χ0v) is 12.1. The van der Waals surface area contributed by atoms with Crippen LogP contribution in [0.15, 0.2) is 24.3 Å². The van der Waals surface area contributed by atoms with Gasteiger partial charge < -0.3 is 15.2 Å². The molecule has 2 N–H and O–H groups in total. The fraction of sp³-hybridized carbons (Fsp3) is 0.600. The van der Waals surface area contributed by atoms with Crippen LogP contribution in [0.5, 0.6) is 0 Å². The third-order valence-corrected chi connectivity index (χ3v) is 4.21. The van der Waals surface area contributed by atoms with E-state index in [0.29, 0.717) is 23.5 Å². The molecule has 1 fully saturated rings. The van der Waals surface area contributed by atoms with Crippen LogP contribution >= 0.6 is 11.6 Å². The Kier molecular flexibility index (Phi) is 5.64. The third kappa shape index (κ3) is 4.18. The Morgan fingerprint density at radius 1 is 1.37 bits per heavy atom. The Balaban J connectivity index is 1.82. The highest BCUT2D eigenvalue weighted by atomic mass is 35.5. The molecule has 0 amide bonds. The van der Waals surface area contributed by atoms with Gasteiger partial charge in [-0.1, -0.05) is 29.8 Å². The molecule has 1 aromatic carbocycles. The molecular formula is C15H22ClNO2. The Labute approximate surface area is 119 Å². The lowest BCUT2D eigenvalue weighted by Crippen LogP contribution is -2.38. The molecule has 2 rings (SSSR count). The van der Waals surface area contributed by atoms with Gasteiger partial charge in [-0.15, -0.1) is 0 Å². The molecule has 1 aliphatic rings. The minimum Gasteiger partial charge on any atom is -0.387 e. The molecule has 0 bridgehead atoms. The average Bonchev–Trinajstić information content (AvgIpc) is 2.46. The van der Waals surface area contributed by atoms with Crippen molar-refractivity contribution in [1.29, 1.82) is 0 Å². The minimum absolute atomic E-state index is 0.390. The van der Waals surface area contributed by atoms with Gasteiger partial charge in [0, 0.05) is 36.4 Å². The van der Waals surface area contributed by atoms with Crippen molar-refractivity contribution in [3.63, 3.8) is 0 Å². The lowest BCUT2D eigenvalue weighted by Gasteiger charge is -2.29. The molecule has 106 valence electrons. The number of aliphatic hydroxyl groups excluding tert-OH is 1. The van der Waals surface area contributed by atoms with E-state index in [1.807, 2.05) is 24.3 Å². The molecule has 0 saturated carbocycles. The lowest BCUT2D eigenvalue weighted by molar-refractivity contribution is 0.0537. The summed E-state index contributed by atoms with van der Waals surface area (Å²) in [6.45, 7) is 4.41. The molecule has 1 aromatic rings. The number of rotatable bonds is 5. The molecule has 1 aliphatic heterocycles. The van der Waals surface area contributed by atoms with Crippen molar-refractivity contribution in [3.05, 3.63) is 34.9 Å². The van der Waals surface area contributed by atoms with Gasteiger partial charge in [0.25, 0.3) is 0 Å². The van der Waals surface area contributed by atoms with Crippen LogP contribution in [-0.2, 0) is 4.74 Å². The maximum atomic E-state index is 10.2. The summed E-state index contributed by atoms with van der Waals surface area (Å²) >= 11 is 6.08. The standard InChI is InChI=1S/C15H22ClNO2/c1-11(12-6-8-19-9-7-12)17-10-15(18)13-4-2-3-5-14(13)16/h2-5,11-12,15,17-18H,6-10H2,1H3. The molecular weight excluding hydrogens is 262 g/mol. The van der Waals surface area contributed by atoms with E-state index in [1.54, 1.807) is 0 Å². The Morgan fingerprint density at radius 2 is 2.05 bits per heavy atom. The SMILES string of the molecule is CC(NCC(O)c1ccccc1Cl)C1CCOCC1.